The van der Waals surface area contributed by atoms with Gasteiger partial charge in [0, 0.05) is 34.7 Å². The number of likely N-dealkylation sites (N-methyl/N-ethyl adjacent to an activating group) is 1. The van der Waals surface area contributed by atoms with E-state index in [1.165, 1.54) is 33.0 Å². The number of nitrogens with two attached hydrogens (primary N) is 2. The lowest BCUT2D eigenvalue weighted by Gasteiger charge is -2.47. The normalized spacial score (nSPS) is 28.9. The third-order valence-electron chi connectivity index (χ3n) is 17.8. The van der Waals surface area contributed by atoms with Gasteiger partial charge in [0.15, 0.2) is 29.9 Å². The second kappa shape index (κ2) is 32.4. The summed E-state index contributed by atoms with van der Waals surface area (Å²) in [6.45, 7) is 5.66. The van der Waals surface area contributed by atoms with E-state index in [9.17, 15) is 75.0 Å². The number of benzene rings is 5. The van der Waals surface area contributed by atoms with Crippen LogP contribution in [-0.2, 0) is 52.6 Å². The highest BCUT2D eigenvalue weighted by Crippen LogP contribution is 2.50. The Hall–Kier alpha value is -8.95. The molecule has 18 atom stereocenters. The number of amides is 7. The van der Waals surface area contributed by atoms with Crippen molar-refractivity contribution in [3.8, 4) is 57.1 Å². The van der Waals surface area contributed by atoms with Crippen LogP contribution >= 0.6 is 35.6 Å². The minimum Gasteiger partial charge on any atom is -0.508 e. The van der Waals surface area contributed by atoms with E-state index in [2.05, 4.69) is 37.2 Å². The molecule has 11 bridgehead atoms. The fraction of sp³-hybridized carbons (Fsp3) is 0.424. The molecule has 0 aliphatic carbocycles. The summed E-state index contributed by atoms with van der Waals surface area (Å²) < 4.78 is 38.3. The molecule has 0 spiro atoms. The second-order valence-corrected chi connectivity index (χ2v) is 26.5. The summed E-state index contributed by atoms with van der Waals surface area (Å²) in [5.41, 5.74) is 8.00. The van der Waals surface area contributed by atoms with Crippen molar-refractivity contribution in [2.75, 3.05) is 13.7 Å². The lowest BCUT2D eigenvalue weighted by atomic mass is 9.86. The van der Waals surface area contributed by atoms with Crippen molar-refractivity contribution in [3.63, 3.8) is 0 Å². The van der Waals surface area contributed by atoms with Crippen LogP contribution in [0.2, 0.25) is 10.0 Å². The highest BCUT2D eigenvalue weighted by atomic mass is 35.5. The molecule has 2 saturated heterocycles. The molecule has 23 N–H and O–H groups in total. The van der Waals surface area contributed by atoms with E-state index >= 15 is 14.4 Å². The quantitative estimate of drug-likeness (QED) is 0.0720. The van der Waals surface area contributed by atoms with Gasteiger partial charge >= 0.3 is 5.97 Å². The van der Waals surface area contributed by atoms with Gasteiger partial charge in [0.05, 0.1) is 41.3 Å². The van der Waals surface area contributed by atoms with Crippen molar-refractivity contribution in [2.24, 2.45) is 17.4 Å². The zero-order valence-electron chi connectivity index (χ0n) is 55.2. The third kappa shape index (κ3) is 17.0. The molecule has 37 heteroatoms. The molecule has 5 aromatic carbocycles. The number of aliphatic hydroxyl groups excluding tert-OH is 6. The molecule has 7 amide bonds. The zero-order valence-corrected chi connectivity index (χ0v) is 57.6. The number of hydrogen-bond acceptors (Lipinski definition) is 25. The summed E-state index contributed by atoms with van der Waals surface area (Å²) in [5, 5.41) is 131. The molecule has 9 unspecified atom stereocenters. The summed E-state index contributed by atoms with van der Waals surface area (Å²) in [5.74, 6) is -16.0. The number of carboxylic acids is 1. The largest absolute Gasteiger partial charge is 0.508 e. The molecule has 103 heavy (non-hydrogen) atoms. The van der Waals surface area contributed by atoms with Crippen molar-refractivity contribution in [1.29, 1.82) is 0 Å². The van der Waals surface area contributed by atoms with Gasteiger partial charge in [-0.2, -0.15) is 0 Å². The number of carbonyl (C=O) groups is 8. The van der Waals surface area contributed by atoms with Gasteiger partial charge in [-0.25, -0.2) is 4.79 Å². The SMILES string of the molecule is CNC(CC(C)C)C(=O)NC1C(=O)NC(CC(N)=O)C(=O)NC2C(=O)NC3C(=O)NC(C(=O)NC(C(=O)O)c4cc(O)cc(O)c4-c4cc3ccc4O)C(O)c3ccc(c(Cl)c3)Oc3cc2cc(c3O[C@@H]2O[C@H](CO)[C@H](O)[C@H](O)[C@H]2O[C@H]2C[C@](C)(N)[C@H](O)[C@H](C)O2)Oc2ccc(cc2Cl)C1O.Cl.O. The van der Waals surface area contributed by atoms with E-state index in [1.807, 2.05) is 13.8 Å². The standard InChI is InChI=1S/C66H75Cl2N9O24.ClH.H2O/c1-23(2)12-34(71-5)58(88)76-49-51(83)26-7-10-38(32(67)14-26)97-40-16-28-17-41(55(40)101-65-56(54(86)53(85)42(22-78)99-65)100-44-21-66(4,70)57(87)24(3)96-44)98-39-11-8-27(15-33(39)68)52(84)50-63(93)75-48(64(94)95)31-18-29(79)19-37(81)45(31)30-13-25(6-9-36(30)80)46(60(90)77-50)74-61(91)47(28)73-59(89)35(20-43(69)82)72-62(49)92;;/h6-11,13-19,23-24,34-35,42,44,46-54,56-57,65,71,78-81,83-87H,12,20-22,70H2,1-5H3,(H2,69,82)(H,72,92)(H,73,89)(H,74,91)(H,75,93)(H,76,88)(H,77,90)(H,94,95);1H;1H2/t24-,34?,35?,42+,44-,46?,47?,48?,49?,50?,51?,52?,53-,54-,56+,57+,65-,66-;;/m0../s1. The van der Waals surface area contributed by atoms with Crippen LogP contribution in [0.5, 0.6) is 46.0 Å². The Morgan fingerprint density at radius 3 is 1.88 bits per heavy atom. The molecule has 558 valence electrons. The third-order valence-corrected chi connectivity index (χ3v) is 18.4. The van der Waals surface area contributed by atoms with Gasteiger partial charge in [-0.15, -0.1) is 12.4 Å². The van der Waals surface area contributed by atoms with Crippen molar-refractivity contribution >= 4 is 82.9 Å². The average molecular weight is 1500 g/mol. The summed E-state index contributed by atoms with van der Waals surface area (Å²) in [4.78, 5) is 117. The highest BCUT2D eigenvalue weighted by molar-refractivity contribution is 6.32. The minimum absolute atomic E-state index is 0. The fourth-order valence-corrected chi connectivity index (χ4v) is 12.9. The molecular weight excluding hydrogens is 1430 g/mol. The number of hydrogen-bond donors (Lipinski definition) is 19. The molecule has 12 rings (SSSR count). The maximum absolute atomic E-state index is 16.0. The van der Waals surface area contributed by atoms with Crippen LogP contribution in [-0.4, -0.2) is 196 Å². The molecule has 7 aliphatic rings. The van der Waals surface area contributed by atoms with Crippen LogP contribution < -0.4 is 62.9 Å². The smallest absolute Gasteiger partial charge is 0.330 e. The number of aliphatic carboxylic acids is 1. The maximum Gasteiger partial charge on any atom is 0.330 e. The van der Waals surface area contributed by atoms with Crippen LogP contribution in [0.3, 0.4) is 0 Å². The summed E-state index contributed by atoms with van der Waals surface area (Å²) in [6, 6.07) is -0.679. The van der Waals surface area contributed by atoms with Gasteiger partial charge in [-0.05, 0) is 110 Å². The Kier molecular flexibility index (Phi) is 25.1. The molecule has 0 aromatic heterocycles. The Bertz CT molecular complexity index is 4080. The van der Waals surface area contributed by atoms with Gasteiger partial charge in [-0.1, -0.05) is 55.2 Å². The minimum atomic E-state index is -2.35. The molecule has 0 radical (unpaired) electrons. The van der Waals surface area contributed by atoms with E-state index in [-0.39, 0.29) is 64.1 Å². The lowest BCUT2D eigenvalue weighted by Crippen LogP contribution is -2.64. The monoisotopic (exact) mass is 1500 g/mol. The number of rotatable bonds is 13. The topological polar surface area (TPSA) is 562 Å². The first-order valence-electron chi connectivity index (χ1n) is 31.6. The first-order chi connectivity index (χ1) is 47.7. The molecular formula is C66H78Cl3N9O25. The van der Waals surface area contributed by atoms with Gasteiger partial charge in [0.1, 0.15) is 89.5 Å². The van der Waals surface area contributed by atoms with Crippen LogP contribution in [0.25, 0.3) is 11.1 Å². The number of halogens is 3. The number of aliphatic hydroxyl groups is 6. The number of carboxylic acid groups (broad SMARTS) is 1. The first-order valence-corrected chi connectivity index (χ1v) is 32.4. The molecule has 0 saturated carbocycles. The van der Waals surface area contributed by atoms with Crippen LogP contribution in [0.15, 0.2) is 78.9 Å². The van der Waals surface area contributed by atoms with Gasteiger partial charge in [0.25, 0.3) is 0 Å². The predicted molar refractivity (Wildman–Crippen MR) is 360 cm³/mol. The van der Waals surface area contributed by atoms with Gasteiger partial charge in [0.2, 0.25) is 53.4 Å². The number of ether oxygens (including phenoxy) is 6. The second-order valence-electron chi connectivity index (χ2n) is 25.7. The summed E-state index contributed by atoms with van der Waals surface area (Å²) >= 11 is 14.1. The molecule has 7 heterocycles. The Morgan fingerprint density at radius 1 is 0.718 bits per heavy atom. The van der Waals surface area contributed by atoms with Crippen molar-refractivity contribution in [3.05, 3.63) is 117 Å². The van der Waals surface area contributed by atoms with Gasteiger partial charge in [-0.3, -0.25) is 33.6 Å². The van der Waals surface area contributed by atoms with E-state index < -0.39 is 237 Å². The molecule has 2 fully saturated rings. The number of aromatic hydroxyl groups is 3. The van der Waals surface area contributed by atoms with E-state index in [1.54, 1.807) is 0 Å². The van der Waals surface area contributed by atoms with E-state index in [4.69, 9.17) is 63.1 Å². The predicted octanol–water partition coefficient (Wildman–Crippen LogP) is -0.297. The van der Waals surface area contributed by atoms with E-state index in [0.29, 0.717) is 0 Å². The highest BCUT2D eigenvalue weighted by Gasteiger charge is 2.51. The van der Waals surface area contributed by atoms with Crippen molar-refractivity contribution in [2.45, 2.75) is 156 Å². The van der Waals surface area contributed by atoms with Gasteiger partial charge < -0.3 is 134 Å². The van der Waals surface area contributed by atoms with Crippen LogP contribution in [0.4, 0.5) is 0 Å². The number of phenolic OH excluding ortho intramolecular Hbond substituents is 3. The summed E-state index contributed by atoms with van der Waals surface area (Å²) in [7, 11) is 1.47. The molecule has 34 nitrogen and oxygen atoms in total. The maximum atomic E-state index is 16.0. The molecule has 5 aromatic rings. The van der Waals surface area contributed by atoms with Crippen molar-refractivity contribution < 1.29 is 123 Å². The number of phenols is 3. The number of primary amides is 1. The number of nitrogens with one attached hydrogen (secondary N) is 7. The lowest BCUT2D eigenvalue weighted by molar-refractivity contribution is -0.333. The van der Waals surface area contributed by atoms with Crippen molar-refractivity contribution in [1.82, 2.24) is 37.2 Å². The average Bonchev–Trinajstić information content (AvgIpc) is 0.773. The van der Waals surface area contributed by atoms with Crippen LogP contribution in [0.1, 0.15) is 105 Å². The first kappa shape index (κ1) is 79.7. The number of fused-ring (bicyclic) bond motifs is 15. The fourth-order valence-electron chi connectivity index (χ4n) is 12.5. The summed E-state index contributed by atoms with van der Waals surface area (Å²) in [6.07, 6.45) is -18.6. The Labute approximate surface area is 601 Å². The van der Waals surface area contributed by atoms with Crippen LogP contribution in [0, 0.1) is 5.92 Å². The Balaban J connectivity index is 0.00000672. The molecule has 7 aliphatic heterocycles. The number of carbonyl (C=O) groups excluding carboxylic acids is 7. The Morgan fingerprint density at radius 2 is 1.31 bits per heavy atom. The zero-order chi connectivity index (χ0) is 73.5. The van der Waals surface area contributed by atoms with E-state index in [0.717, 1.165) is 66.7 Å².